The predicted molar refractivity (Wildman–Crippen MR) is 84.0 cm³/mol. The van der Waals surface area contributed by atoms with Crippen molar-refractivity contribution >= 4 is 17.5 Å². The van der Waals surface area contributed by atoms with Crippen LogP contribution < -0.4 is 5.32 Å². The quantitative estimate of drug-likeness (QED) is 0.880. The summed E-state index contributed by atoms with van der Waals surface area (Å²) in [6.07, 6.45) is 4.11. The fraction of sp³-hybridized carbons (Fsp3) is 0.588. The third-order valence-corrected chi connectivity index (χ3v) is 4.90. The van der Waals surface area contributed by atoms with E-state index in [9.17, 15) is 4.79 Å². The highest BCUT2D eigenvalue weighted by Gasteiger charge is 2.43. The first-order valence-electron chi connectivity index (χ1n) is 7.53. The van der Waals surface area contributed by atoms with Crippen molar-refractivity contribution in [2.75, 3.05) is 0 Å². The van der Waals surface area contributed by atoms with Crippen LogP contribution in [0.15, 0.2) is 24.3 Å². The number of carbonyl (C=O) groups excluding carboxylic acids is 1. The summed E-state index contributed by atoms with van der Waals surface area (Å²) in [5.41, 5.74) is 0.751. The van der Waals surface area contributed by atoms with Crippen molar-refractivity contribution in [3.8, 4) is 0 Å². The van der Waals surface area contributed by atoms with Crippen molar-refractivity contribution in [2.45, 2.75) is 57.9 Å². The van der Waals surface area contributed by atoms with Gasteiger partial charge in [0.1, 0.15) is 0 Å². The van der Waals surface area contributed by atoms with Crippen LogP contribution in [0.4, 0.5) is 0 Å². The van der Waals surface area contributed by atoms with Gasteiger partial charge in [0, 0.05) is 11.1 Å². The van der Waals surface area contributed by atoms with E-state index in [0.717, 1.165) is 36.3 Å². The van der Waals surface area contributed by atoms with Gasteiger partial charge in [0.05, 0.1) is 5.41 Å². The van der Waals surface area contributed by atoms with E-state index >= 15 is 0 Å². The van der Waals surface area contributed by atoms with Crippen molar-refractivity contribution in [1.82, 2.24) is 5.32 Å². The van der Waals surface area contributed by atoms with Gasteiger partial charge in [-0.15, -0.1) is 0 Å². The Bertz CT molecular complexity index is 460. The van der Waals surface area contributed by atoms with E-state index in [0.29, 0.717) is 5.92 Å². The molecular weight excluding hydrogens is 270 g/mol. The van der Waals surface area contributed by atoms with Crippen LogP contribution in [-0.4, -0.2) is 11.9 Å². The second-order valence-electron chi connectivity index (χ2n) is 6.30. The minimum Gasteiger partial charge on any atom is -0.353 e. The van der Waals surface area contributed by atoms with Gasteiger partial charge in [-0.2, -0.15) is 0 Å². The zero-order valence-electron chi connectivity index (χ0n) is 12.6. The Morgan fingerprint density at radius 1 is 1.15 bits per heavy atom. The number of benzene rings is 1. The first-order chi connectivity index (χ1) is 9.45. The second-order valence-corrected chi connectivity index (χ2v) is 6.74. The molecule has 2 rings (SSSR count). The zero-order valence-corrected chi connectivity index (χ0v) is 13.3. The molecule has 0 aromatic heterocycles. The lowest BCUT2D eigenvalue weighted by atomic mass is 9.77. The summed E-state index contributed by atoms with van der Waals surface area (Å²) in [7, 11) is 0. The Hall–Kier alpha value is -1.02. The van der Waals surface area contributed by atoms with E-state index in [1.54, 1.807) is 0 Å². The molecule has 1 aliphatic rings. The van der Waals surface area contributed by atoms with Gasteiger partial charge < -0.3 is 5.32 Å². The molecule has 0 heterocycles. The SMILES string of the molecule is CC(C)C(C)NC(=O)C1(c2ccc(Cl)cc2)CCCC1. The molecule has 1 atom stereocenters. The topological polar surface area (TPSA) is 29.1 Å². The number of rotatable bonds is 4. The molecule has 0 bridgehead atoms. The predicted octanol–water partition coefficient (Wildman–Crippen LogP) is 4.31. The molecule has 0 spiro atoms. The average molecular weight is 294 g/mol. The summed E-state index contributed by atoms with van der Waals surface area (Å²) in [6.45, 7) is 6.34. The molecule has 1 amide bonds. The molecule has 1 aromatic rings. The molecule has 1 fully saturated rings. The normalized spacial score (nSPS) is 19.1. The van der Waals surface area contributed by atoms with Gasteiger partial charge in [0.2, 0.25) is 5.91 Å². The number of carbonyl (C=O) groups is 1. The van der Waals surface area contributed by atoms with E-state index in [1.165, 1.54) is 0 Å². The lowest BCUT2D eigenvalue weighted by Crippen LogP contribution is -2.47. The van der Waals surface area contributed by atoms with Gasteiger partial charge in [0.25, 0.3) is 0 Å². The van der Waals surface area contributed by atoms with Crippen LogP contribution in [0, 0.1) is 5.92 Å². The second kappa shape index (κ2) is 6.17. The minimum atomic E-state index is -0.353. The van der Waals surface area contributed by atoms with Crippen LogP contribution in [0.25, 0.3) is 0 Å². The van der Waals surface area contributed by atoms with Crippen LogP contribution in [-0.2, 0) is 10.2 Å². The fourth-order valence-electron chi connectivity index (χ4n) is 2.91. The van der Waals surface area contributed by atoms with E-state index in [-0.39, 0.29) is 17.4 Å². The number of hydrogen-bond acceptors (Lipinski definition) is 1. The minimum absolute atomic E-state index is 0.179. The zero-order chi connectivity index (χ0) is 14.8. The maximum atomic E-state index is 12.8. The van der Waals surface area contributed by atoms with Crippen LogP contribution in [0.2, 0.25) is 5.02 Å². The van der Waals surface area contributed by atoms with E-state index in [2.05, 4.69) is 26.1 Å². The Balaban J connectivity index is 2.25. The summed E-state index contributed by atoms with van der Waals surface area (Å²) in [5.74, 6) is 0.626. The summed E-state index contributed by atoms with van der Waals surface area (Å²) in [6, 6.07) is 7.99. The van der Waals surface area contributed by atoms with Crippen LogP contribution >= 0.6 is 11.6 Å². The third kappa shape index (κ3) is 3.01. The lowest BCUT2D eigenvalue weighted by Gasteiger charge is -2.31. The van der Waals surface area contributed by atoms with E-state index in [4.69, 9.17) is 11.6 Å². The molecule has 2 nitrogen and oxygen atoms in total. The summed E-state index contributed by atoms with van der Waals surface area (Å²) < 4.78 is 0. The van der Waals surface area contributed by atoms with Crippen LogP contribution in [0.3, 0.4) is 0 Å². The highest BCUT2D eigenvalue weighted by atomic mass is 35.5. The van der Waals surface area contributed by atoms with Crippen molar-refractivity contribution in [2.24, 2.45) is 5.92 Å². The van der Waals surface area contributed by atoms with Crippen molar-refractivity contribution in [3.05, 3.63) is 34.9 Å². The smallest absolute Gasteiger partial charge is 0.230 e. The maximum absolute atomic E-state index is 12.8. The van der Waals surface area contributed by atoms with Crippen LogP contribution in [0.5, 0.6) is 0 Å². The standard InChI is InChI=1S/C17H24ClNO/c1-12(2)13(3)19-16(20)17(10-4-5-11-17)14-6-8-15(18)9-7-14/h6-9,12-13H,4-5,10-11H2,1-3H3,(H,19,20). The molecule has 1 unspecified atom stereocenters. The molecule has 1 saturated carbocycles. The number of halogens is 1. The summed E-state index contributed by atoms with van der Waals surface area (Å²) in [5, 5.41) is 3.92. The molecule has 1 aliphatic carbocycles. The Labute approximate surface area is 126 Å². The fourth-order valence-corrected chi connectivity index (χ4v) is 3.03. The monoisotopic (exact) mass is 293 g/mol. The van der Waals surface area contributed by atoms with Gasteiger partial charge in [-0.25, -0.2) is 0 Å². The van der Waals surface area contributed by atoms with Gasteiger partial charge in [0.15, 0.2) is 0 Å². The Morgan fingerprint density at radius 3 is 2.20 bits per heavy atom. The first kappa shape index (κ1) is 15.4. The van der Waals surface area contributed by atoms with E-state index < -0.39 is 0 Å². The highest BCUT2D eigenvalue weighted by Crippen LogP contribution is 2.41. The Morgan fingerprint density at radius 2 is 1.70 bits per heavy atom. The third-order valence-electron chi connectivity index (χ3n) is 4.65. The molecule has 20 heavy (non-hydrogen) atoms. The van der Waals surface area contributed by atoms with Gasteiger partial charge in [-0.3, -0.25) is 4.79 Å². The lowest BCUT2D eigenvalue weighted by molar-refractivity contribution is -0.127. The van der Waals surface area contributed by atoms with E-state index in [1.807, 2.05) is 24.3 Å². The van der Waals surface area contributed by atoms with Crippen molar-refractivity contribution < 1.29 is 4.79 Å². The number of hydrogen-bond donors (Lipinski definition) is 1. The summed E-state index contributed by atoms with van der Waals surface area (Å²) >= 11 is 5.97. The van der Waals surface area contributed by atoms with Crippen molar-refractivity contribution in [1.29, 1.82) is 0 Å². The average Bonchev–Trinajstić information content (AvgIpc) is 2.90. The van der Waals surface area contributed by atoms with Gasteiger partial charge >= 0.3 is 0 Å². The van der Waals surface area contributed by atoms with Gasteiger partial charge in [-0.05, 0) is 43.4 Å². The largest absolute Gasteiger partial charge is 0.353 e. The molecule has 0 saturated heterocycles. The molecule has 1 aromatic carbocycles. The van der Waals surface area contributed by atoms with Crippen LogP contribution in [0.1, 0.15) is 52.0 Å². The maximum Gasteiger partial charge on any atom is 0.230 e. The van der Waals surface area contributed by atoms with Gasteiger partial charge in [-0.1, -0.05) is 50.4 Å². The Kier molecular flexibility index (Phi) is 4.74. The summed E-state index contributed by atoms with van der Waals surface area (Å²) in [4.78, 5) is 12.8. The number of amides is 1. The molecule has 3 heteroatoms. The first-order valence-corrected chi connectivity index (χ1v) is 7.90. The molecule has 1 N–H and O–H groups in total. The molecule has 0 radical (unpaired) electrons. The van der Waals surface area contributed by atoms with Crippen molar-refractivity contribution in [3.63, 3.8) is 0 Å². The molecule has 0 aliphatic heterocycles. The number of nitrogens with one attached hydrogen (secondary N) is 1. The molecular formula is C17H24ClNO. The molecule has 110 valence electrons. The highest BCUT2D eigenvalue weighted by molar-refractivity contribution is 6.30.